The van der Waals surface area contributed by atoms with E-state index in [0.29, 0.717) is 25.1 Å². The number of esters is 1. The minimum absolute atomic E-state index is 0.316. The zero-order valence-electron chi connectivity index (χ0n) is 10.00. The predicted molar refractivity (Wildman–Crippen MR) is 65.9 cm³/mol. The first-order chi connectivity index (χ1) is 8.63. The third-order valence-electron chi connectivity index (χ3n) is 3.00. The third-order valence-corrected chi connectivity index (χ3v) is 3.92. The SMILES string of the molecule is COC(=O)C1CC(O)CN1Cc1cc(C#N)cs1. The van der Waals surface area contributed by atoms with Crippen molar-refractivity contribution in [2.75, 3.05) is 13.7 Å². The second-order valence-electron chi connectivity index (χ2n) is 4.27. The van der Waals surface area contributed by atoms with Gasteiger partial charge in [-0.2, -0.15) is 5.26 Å². The molecule has 0 amide bonds. The summed E-state index contributed by atoms with van der Waals surface area (Å²) in [7, 11) is 1.35. The van der Waals surface area contributed by atoms with Crippen molar-refractivity contribution in [1.29, 1.82) is 5.26 Å². The van der Waals surface area contributed by atoms with Gasteiger partial charge in [0.05, 0.1) is 18.8 Å². The number of aliphatic hydroxyl groups excluding tert-OH is 1. The van der Waals surface area contributed by atoms with Crippen molar-refractivity contribution in [2.45, 2.75) is 25.1 Å². The topological polar surface area (TPSA) is 73.6 Å². The van der Waals surface area contributed by atoms with Gasteiger partial charge in [-0.3, -0.25) is 9.69 Å². The molecule has 2 unspecified atom stereocenters. The van der Waals surface area contributed by atoms with E-state index in [9.17, 15) is 9.90 Å². The summed E-state index contributed by atoms with van der Waals surface area (Å²) >= 11 is 1.49. The molecule has 5 nitrogen and oxygen atoms in total. The van der Waals surface area contributed by atoms with E-state index < -0.39 is 12.1 Å². The maximum Gasteiger partial charge on any atom is 0.323 e. The number of thiophene rings is 1. The summed E-state index contributed by atoms with van der Waals surface area (Å²) < 4.78 is 4.74. The van der Waals surface area contributed by atoms with E-state index in [2.05, 4.69) is 6.07 Å². The monoisotopic (exact) mass is 266 g/mol. The second kappa shape index (κ2) is 5.48. The van der Waals surface area contributed by atoms with Crippen LogP contribution in [0.25, 0.3) is 0 Å². The van der Waals surface area contributed by atoms with Crippen molar-refractivity contribution in [3.05, 3.63) is 21.9 Å². The highest BCUT2D eigenvalue weighted by atomic mass is 32.1. The van der Waals surface area contributed by atoms with Crippen molar-refractivity contribution in [2.24, 2.45) is 0 Å². The van der Waals surface area contributed by atoms with Gasteiger partial charge in [0.25, 0.3) is 0 Å². The van der Waals surface area contributed by atoms with Gasteiger partial charge in [-0.1, -0.05) is 0 Å². The molecule has 1 saturated heterocycles. The minimum Gasteiger partial charge on any atom is -0.468 e. The first-order valence-corrected chi connectivity index (χ1v) is 6.49. The number of carbonyl (C=O) groups excluding carboxylic acids is 1. The Morgan fingerprint density at radius 2 is 2.56 bits per heavy atom. The zero-order valence-corrected chi connectivity index (χ0v) is 10.8. The maximum atomic E-state index is 11.6. The number of ether oxygens (including phenoxy) is 1. The van der Waals surface area contributed by atoms with Crippen LogP contribution in [0.2, 0.25) is 0 Å². The molecule has 2 rings (SSSR count). The summed E-state index contributed by atoms with van der Waals surface area (Å²) in [5.41, 5.74) is 0.629. The van der Waals surface area contributed by atoms with Crippen LogP contribution in [-0.2, 0) is 16.1 Å². The molecule has 1 N–H and O–H groups in total. The van der Waals surface area contributed by atoms with Crippen LogP contribution in [-0.4, -0.2) is 41.8 Å². The number of hydrogen-bond acceptors (Lipinski definition) is 6. The standard InChI is InChI=1S/C12H14N2O3S/c1-17-12(16)11-3-9(15)5-14(11)6-10-2-8(4-13)7-18-10/h2,7,9,11,15H,3,5-6H2,1H3. The maximum absolute atomic E-state index is 11.6. The Hall–Kier alpha value is -1.42. The lowest BCUT2D eigenvalue weighted by Gasteiger charge is -2.20. The Bertz CT molecular complexity index is 480. The molecule has 0 saturated carbocycles. The molecule has 0 bridgehead atoms. The average molecular weight is 266 g/mol. The fourth-order valence-electron chi connectivity index (χ4n) is 2.16. The number of aliphatic hydroxyl groups is 1. The number of rotatable bonds is 3. The lowest BCUT2D eigenvalue weighted by atomic mass is 10.2. The molecule has 1 aromatic rings. The highest BCUT2D eigenvalue weighted by Gasteiger charge is 2.36. The lowest BCUT2D eigenvalue weighted by molar-refractivity contribution is -0.146. The second-order valence-corrected chi connectivity index (χ2v) is 5.27. The number of nitriles is 1. The molecular formula is C12H14N2O3S. The van der Waals surface area contributed by atoms with Gasteiger partial charge in [-0.25, -0.2) is 0 Å². The number of nitrogens with zero attached hydrogens (tertiary/aromatic N) is 2. The van der Waals surface area contributed by atoms with E-state index in [-0.39, 0.29) is 5.97 Å². The summed E-state index contributed by atoms with van der Waals surface area (Å²) in [6.45, 7) is 1.02. The third kappa shape index (κ3) is 2.70. The number of carbonyl (C=O) groups is 1. The molecule has 96 valence electrons. The van der Waals surface area contributed by atoms with Gasteiger partial charge < -0.3 is 9.84 Å². The Balaban J connectivity index is 2.07. The largest absolute Gasteiger partial charge is 0.468 e. The fourth-order valence-corrected chi connectivity index (χ4v) is 2.99. The molecular weight excluding hydrogens is 252 g/mol. The van der Waals surface area contributed by atoms with Crippen LogP contribution in [0.3, 0.4) is 0 Å². The van der Waals surface area contributed by atoms with E-state index in [1.165, 1.54) is 18.4 Å². The minimum atomic E-state index is -0.496. The summed E-state index contributed by atoms with van der Waals surface area (Å²) in [6.07, 6.45) is -0.0899. The highest BCUT2D eigenvalue weighted by Crippen LogP contribution is 2.24. The van der Waals surface area contributed by atoms with Gasteiger partial charge in [0.2, 0.25) is 0 Å². The molecule has 0 radical (unpaired) electrons. The summed E-state index contributed by atoms with van der Waals surface area (Å²) in [5.74, 6) is -0.316. The molecule has 0 aliphatic carbocycles. The molecule has 18 heavy (non-hydrogen) atoms. The van der Waals surface area contributed by atoms with Crippen LogP contribution in [0.5, 0.6) is 0 Å². The van der Waals surface area contributed by atoms with Gasteiger partial charge in [0, 0.05) is 29.8 Å². The van der Waals surface area contributed by atoms with Crippen molar-refractivity contribution in [1.82, 2.24) is 4.90 Å². The summed E-state index contributed by atoms with van der Waals surface area (Å²) in [4.78, 5) is 14.5. The first-order valence-electron chi connectivity index (χ1n) is 5.61. The van der Waals surface area contributed by atoms with Gasteiger partial charge in [0.15, 0.2) is 0 Å². The zero-order chi connectivity index (χ0) is 13.1. The fraction of sp³-hybridized carbons (Fsp3) is 0.500. The van der Waals surface area contributed by atoms with Crippen molar-refractivity contribution < 1.29 is 14.6 Å². The molecule has 0 spiro atoms. The van der Waals surface area contributed by atoms with Crippen LogP contribution in [0.4, 0.5) is 0 Å². The van der Waals surface area contributed by atoms with Gasteiger partial charge in [0.1, 0.15) is 12.1 Å². The van der Waals surface area contributed by atoms with E-state index >= 15 is 0 Å². The van der Waals surface area contributed by atoms with E-state index in [4.69, 9.17) is 10.00 Å². The number of β-amino-alcohol motifs (C(OH)–C–C–N with tert-alkyl or cyclic N) is 1. The van der Waals surface area contributed by atoms with Crippen molar-refractivity contribution in [3.8, 4) is 6.07 Å². The molecule has 6 heteroatoms. The van der Waals surface area contributed by atoms with Gasteiger partial charge >= 0.3 is 5.97 Å². The molecule has 1 fully saturated rings. The molecule has 1 aliphatic rings. The van der Waals surface area contributed by atoms with Crippen LogP contribution in [0.15, 0.2) is 11.4 Å². The smallest absolute Gasteiger partial charge is 0.323 e. The van der Waals surface area contributed by atoms with E-state index in [1.54, 1.807) is 5.38 Å². The van der Waals surface area contributed by atoms with Crippen LogP contribution in [0.1, 0.15) is 16.9 Å². The molecule has 2 heterocycles. The lowest BCUT2D eigenvalue weighted by Crippen LogP contribution is -2.36. The van der Waals surface area contributed by atoms with Crippen LogP contribution >= 0.6 is 11.3 Å². The Morgan fingerprint density at radius 1 is 1.78 bits per heavy atom. The predicted octanol–water partition coefficient (Wildman–Crippen LogP) is 0.728. The summed E-state index contributed by atoms with van der Waals surface area (Å²) in [5, 5.41) is 20.2. The summed E-state index contributed by atoms with van der Waals surface area (Å²) in [6, 6.07) is 3.50. The van der Waals surface area contributed by atoms with Crippen molar-refractivity contribution in [3.63, 3.8) is 0 Å². The number of likely N-dealkylation sites (tertiary alicyclic amines) is 1. The van der Waals surface area contributed by atoms with Crippen molar-refractivity contribution >= 4 is 17.3 Å². The number of hydrogen-bond donors (Lipinski definition) is 1. The molecule has 1 aromatic heterocycles. The highest BCUT2D eigenvalue weighted by molar-refractivity contribution is 7.10. The molecule has 0 aromatic carbocycles. The quantitative estimate of drug-likeness (QED) is 0.816. The van der Waals surface area contributed by atoms with E-state index in [1.807, 2.05) is 11.0 Å². The average Bonchev–Trinajstić information content (AvgIpc) is 2.95. The Labute approximate surface area is 109 Å². The van der Waals surface area contributed by atoms with E-state index in [0.717, 1.165) is 4.88 Å². The first kappa shape index (κ1) is 13.0. The number of methoxy groups -OCH3 is 1. The normalized spacial score (nSPS) is 23.8. The Morgan fingerprint density at radius 3 is 3.17 bits per heavy atom. The van der Waals surface area contributed by atoms with Gasteiger partial charge in [-0.05, 0) is 6.07 Å². The molecule has 1 aliphatic heterocycles. The Kier molecular flexibility index (Phi) is 3.97. The van der Waals surface area contributed by atoms with Crippen LogP contribution < -0.4 is 0 Å². The molecule has 2 atom stereocenters. The van der Waals surface area contributed by atoms with Crippen LogP contribution in [0, 0.1) is 11.3 Å². The van der Waals surface area contributed by atoms with Gasteiger partial charge in [-0.15, -0.1) is 11.3 Å².